The number of hydrogen-bond acceptors (Lipinski definition) is 9. The third-order valence-corrected chi connectivity index (χ3v) is 5.16. The average molecular weight is 429 g/mol. The predicted molar refractivity (Wildman–Crippen MR) is 104 cm³/mol. The zero-order chi connectivity index (χ0) is 19.6. The fourth-order valence-electron chi connectivity index (χ4n) is 2.70. The van der Waals surface area contributed by atoms with Crippen LogP contribution in [0.3, 0.4) is 0 Å². The van der Waals surface area contributed by atoms with Gasteiger partial charge in [0, 0.05) is 10.6 Å². The molecule has 2 aromatic heterocycles. The van der Waals surface area contributed by atoms with Gasteiger partial charge in [0.25, 0.3) is 17.0 Å². The van der Waals surface area contributed by atoms with Crippen LogP contribution in [0.4, 0.5) is 0 Å². The molecule has 0 spiro atoms. The average Bonchev–Trinajstić information content (AvgIpc) is 3.42. The summed E-state index contributed by atoms with van der Waals surface area (Å²) >= 11 is 7.21. The van der Waals surface area contributed by atoms with Crippen molar-refractivity contribution in [1.82, 2.24) is 20.3 Å². The molecule has 0 aliphatic carbocycles. The molecule has 2 aromatic carbocycles. The molecule has 1 aliphatic heterocycles. The molecule has 3 heterocycles. The zero-order valence-electron chi connectivity index (χ0n) is 14.8. The van der Waals surface area contributed by atoms with Gasteiger partial charge in [0.15, 0.2) is 17.3 Å². The molecule has 0 N–H and O–H groups in total. The molecule has 5 rings (SSSR count). The maximum Gasteiger partial charge on any atom is 0.277 e. The standard InChI is InChI=1S/C19H13ClN4O4S/c20-12-7-5-11(6-8-12)17-21-16(24-28-17)10-29-19-23-22-18(27-19)15-9-25-13-3-1-2-4-14(13)26-15/h1-8,15H,9-10H2/t15-/m1/s1. The van der Waals surface area contributed by atoms with Gasteiger partial charge in [-0.05, 0) is 36.4 Å². The topological polar surface area (TPSA) is 96.3 Å². The van der Waals surface area contributed by atoms with Gasteiger partial charge in [-0.15, -0.1) is 10.2 Å². The summed E-state index contributed by atoms with van der Waals surface area (Å²) in [7, 11) is 0. The molecule has 0 radical (unpaired) electrons. The van der Waals surface area contributed by atoms with Crippen molar-refractivity contribution in [2.24, 2.45) is 0 Å². The van der Waals surface area contributed by atoms with Gasteiger partial charge in [-0.3, -0.25) is 0 Å². The zero-order valence-corrected chi connectivity index (χ0v) is 16.4. The molecule has 29 heavy (non-hydrogen) atoms. The van der Waals surface area contributed by atoms with Crippen molar-refractivity contribution in [2.75, 3.05) is 6.61 Å². The van der Waals surface area contributed by atoms with Crippen molar-refractivity contribution in [3.05, 3.63) is 65.3 Å². The van der Waals surface area contributed by atoms with Crippen LogP contribution >= 0.6 is 23.4 Å². The highest BCUT2D eigenvalue weighted by Crippen LogP contribution is 2.36. The highest BCUT2D eigenvalue weighted by Gasteiger charge is 2.27. The summed E-state index contributed by atoms with van der Waals surface area (Å²) in [6, 6.07) is 14.6. The Hall–Kier alpha value is -3.04. The molecule has 0 saturated carbocycles. The van der Waals surface area contributed by atoms with E-state index < -0.39 is 6.10 Å². The number of para-hydroxylation sites is 2. The summed E-state index contributed by atoms with van der Waals surface area (Å²) in [5.41, 5.74) is 0.799. The number of benzene rings is 2. The Kier molecular flexibility index (Phi) is 4.82. The largest absolute Gasteiger partial charge is 0.485 e. The lowest BCUT2D eigenvalue weighted by Crippen LogP contribution is -2.21. The first-order valence-electron chi connectivity index (χ1n) is 8.68. The second-order valence-corrected chi connectivity index (χ2v) is 7.44. The summed E-state index contributed by atoms with van der Waals surface area (Å²) in [5.74, 6) is 3.07. The predicted octanol–water partition coefficient (Wildman–Crippen LogP) is 4.58. The van der Waals surface area contributed by atoms with Crippen LogP contribution in [-0.4, -0.2) is 26.9 Å². The minimum absolute atomic E-state index is 0.304. The van der Waals surface area contributed by atoms with E-state index in [9.17, 15) is 0 Å². The smallest absolute Gasteiger partial charge is 0.277 e. The molecule has 0 saturated heterocycles. The first-order valence-corrected chi connectivity index (χ1v) is 10.0. The van der Waals surface area contributed by atoms with Gasteiger partial charge in [-0.2, -0.15) is 4.98 Å². The van der Waals surface area contributed by atoms with E-state index in [-0.39, 0.29) is 0 Å². The van der Waals surface area contributed by atoms with E-state index in [1.165, 1.54) is 11.8 Å². The van der Waals surface area contributed by atoms with E-state index in [0.717, 1.165) is 5.56 Å². The fourth-order valence-corrected chi connectivity index (χ4v) is 3.44. The Balaban J connectivity index is 1.22. The number of halogens is 1. The number of thioether (sulfide) groups is 1. The van der Waals surface area contributed by atoms with Crippen molar-refractivity contribution < 1.29 is 18.4 Å². The lowest BCUT2D eigenvalue weighted by molar-refractivity contribution is 0.0686. The van der Waals surface area contributed by atoms with Crippen molar-refractivity contribution in [3.8, 4) is 23.0 Å². The summed E-state index contributed by atoms with van der Waals surface area (Å²) in [5, 5.41) is 13.1. The molecule has 0 fully saturated rings. The third-order valence-electron chi connectivity index (χ3n) is 4.09. The second kappa shape index (κ2) is 7.76. The van der Waals surface area contributed by atoms with E-state index in [0.29, 0.717) is 51.7 Å². The molecule has 1 aliphatic rings. The lowest BCUT2D eigenvalue weighted by atomic mass is 10.2. The number of hydrogen-bond donors (Lipinski definition) is 0. The molecule has 0 bridgehead atoms. The van der Waals surface area contributed by atoms with E-state index in [4.69, 9.17) is 30.0 Å². The van der Waals surface area contributed by atoms with E-state index in [1.54, 1.807) is 12.1 Å². The highest BCUT2D eigenvalue weighted by atomic mass is 35.5. The summed E-state index contributed by atoms with van der Waals surface area (Å²) in [4.78, 5) is 4.37. The quantitative estimate of drug-likeness (QED) is 0.423. The normalized spacial score (nSPS) is 15.4. The van der Waals surface area contributed by atoms with Gasteiger partial charge >= 0.3 is 0 Å². The molecule has 8 nitrogen and oxygen atoms in total. The van der Waals surface area contributed by atoms with Crippen molar-refractivity contribution in [1.29, 1.82) is 0 Å². The molecule has 146 valence electrons. The molecule has 0 amide bonds. The first-order chi connectivity index (χ1) is 14.2. The summed E-state index contributed by atoms with van der Waals surface area (Å²) < 4.78 is 22.5. The number of rotatable bonds is 5. The van der Waals surface area contributed by atoms with Crippen LogP contribution < -0.4 is 9.47 Å². The molecule has 10 heteroatoms. The van der Waals surface area contributed by atoms with E-state index in [2.05, 4.69) is 20.3 Å². The van der Waals surface area contributed by atoms with Gasteiger partial charge in [-0.1, -0.05) is 40.7 Å². The van der Waals surface area contributed by atoms with Crippen molar-refractivity contribution in [3.63, 3.8) is 0 Å². The Bertz CT molecular complexity index is 1130. The van der Waals surface area contributed by atoms with Crippen molar-refractivity contribution >= 4 is 23.4 Å². The van der Waals surface area contributed by atoms with Gasteiger partial charge in [0.1, 0.15) is 6.61 Å². The number of ether oxygens (including phenoxy) is 2. The number of nitrogens with zero attached hydrogens (tertiary/aromatic N) is 4. The highest BCUT2D eigenvalue weighted by molar-refractivity contribution is 7.98. The molecule has 4 aromatic rings. The van der Waals surface area contributed by atoms with Crippen LogP contribution in [0.1, 0.15) is 17.8 Å². The number of fused-ring (bicyclic) bond motifs is 1. The van der Waals surface area contributed by atoms with Crippen LogP contribution in [0.15, 0.2) is 62.7 Å². The van der Waals surface area contributed by atoms with E-state index >= 15 is 0 Å². The second-order valence-electron chi connectivity index (χ2n) is 6.08. The number of aromatic nitrogens is 4. The Morgan fingerprint density at radius 3 is 2.72 bits per heavy atom. The van der Waals surface area contributed by atoms with Gasteiger partial charge in [0.05, 0.1) is 5.75 Å². The lowest BCUT2D eigenvalue weighted by Gasteiger charge is -2.23. The maximum atomic E-state index is 5.89. The SMILES string of the molecule is Clc1ccc(-c2nc(CSc3nnc([C@H]4COc5ccccc5O4)o3)no2)cc1. The van der Waals surface area contributed by atoms with Crippen molar-refractivity contribution in [2.45, 2.75) is 17.1 Å². The first kappa shape index (κ1) is 18.0. The Morgan fingerprint density at radius 2 is 1.86 bits per heavy atom. The molecule has 0 unspecified atom stereocenters. The van der Waals surface area contributed by atoms with Gasteiger partial charge in [-0.25, -0.2) is 0 Å². The maximum absolute atomic E-state index is 5.89. The Labute approximate surface area is 174 Å². The van der Waals surface area contributed by atoms with Crippen LogP contribution in [0.25, 0.3) is 11.5 Å². The Morgan fingerprint density at radius 1 is 1.03 bits per heavy atom. The summed E-state index contributed by atoms with van der Waals surface area (Å²) in [6.07, 6.45) is -0.451. The van der Waals surface area contributed by atoms with Crippen LogP contribution in [0.2, 0.25) is 5.02 Å². The fraction of sp³-hybridized carbons (Fsp3) is 0.158. The van der Waals surface area contributed by atoms with Gasteiger partial charge in [0.2, 0.25) is 6.10 Å². The van der Waals surface area contributed by atoms with Crippen LogP contribution in [-0.2, 0) is 5.75 Å². The van der Waals surface area contributed by atoms with Crippen LogP contribution in [0.5, 0.6) is 11.5 Å². The van der Waals surface area contributed by atoms with Gasteiger partial charge < -0.3 is 18.4 Å². The summed E-state index contributed by atoms with van der Waals surface area (Å²) in [6.45, 7) is 0.304. The molecular formula is C19H13ClN4O4S. The third kappa shape index (κ3) is 3.92. The molecule has 1 atom stereocenters. The minimum atomic E-state index is -0.451. The van der Waals surface area contributed by atoms with E-state index in [1.807, 2.05) is 36.4 Å². The molecular weight excluding hydrogens is 416 g/mol. The van der Waals surface area contributed by atoms with Crippen LogP contribution in [0, 0.1) is 0 Å². The minimum Gasteiger partial charge on any atom is -0.485 e. The monoisotopic (exact) mass is 428 g/mol.